The van der Waals surface area contributed by atoms with Gasteiger partial charge in [-0.1, -0.05) is 30.3 Å². The zero-order chi connectivity index (χ0) is 12.7. The van der Waals surface area contributed by atoms with Gasteiger partial charge in [-0.15, -0.1) is 0 Å². The number of benzene rings is 1. The summed E-state index contributed by atoms with van der Waals surface area (Å²) >= 11 is 0. The predicted octanol–water partition coefficient (Wildman–Crippen LogP) is 2.34. The van der Waals surface area contributed by atoms with E-state index in [0.717, 1.165) is 16.8 Å². The van der Waals surface area contributed by atoms with Crippen molar-refractivity contribution in [1.29, 1.82) is 0 Å². The van der Waals surface area contributed by atoms with Crippen molar-refractivity contribution in [3.63, 3.8) is 0 Å². The topological polar surface area (TPSA) is 70.4 Å². The van der Waals surface area contributed by atoms with Gasteiger partial charge in [0.2, 0.25) is 0 Å². The number of carboxylic acids is 1. The van der Waals surface area contributed by atoms with Crippen molar-refractivity contribution in [1.82, 2.24) is 14.6 Å². The molecule has 0 aliphatic heterocycles. The van der Waals surface area contributed by atoms with E-state index in [1.54, 1.807) is 4.52 Å². The van der Waals surface area contributed by atoms with Crippen molar-refractivity contribution in [3.8, 4) is 11.3 Å². The van der Waals surface area contributed by atoms with Crippen molar-refractivity contribution < 1.29 is 9.90 Å². The highest BCUT2D eigenvalue weighted by Gasteiger charge is 2.15. The van der Waals surface area contributed by atoms with E-state index in [-0.39, 0.29) is 5.69 Å². The van der Waals surface area contributed by atoms with Gasteiger partial charge in [0, 0.05) is 5.56 Å². The van der Waals surface area contributed by atoms with E-state index in [9.17, 15) is 4.79 Å². The van der Waals surface area contributed by atoms with Gasteiger partial charge >= 0.3 is 5.97 Å². The van der Waals surface area contributed by atoms with Crippen LogP contribution in [0.4, 0.5) is 0 Å². The van der Waals surface area contributed by atoms with Crippen LogP contribution in [0, 0.1) is 6.92 Å². The highest BCUT2D eigenvalue weighted by Crippen LogP contribution is 2.24. The number of carbonyl (C=O) groups is 1. The largest absolute Gasteiger partial charge is 0.476 e. The van der Waals surface area contributed by atoms with Crippen LogP contribution in [0.25, 0.3) is 16.9 Å². The number of aromatic carboxylic acids is 1. The zero-order valence-electron chi connectivity index (χ0n) is 9.71. The van der Waals surface area contributed by atoms with Crippen LogP contribution in [0.5, 0.6) is 0 Å². The van der Waals surface area contributed by atoms with Gasteiger partial charge in [0.1, 0.15) is 0 Å². The van der Waals surface area contributed by atoms with E-state index in [0.29, 0.717) is 5.65 Å². The van der Waals surface area contributed by atoms with Crippen LogP contribution in [0.1, 0.15) is 16.1 Å². The van der Waals surface area contributed by atoms with Gasteiger partial charge in [-0.3, -0.25) is 5.10 Å². The lowest BCUT2D eigenvalue weighted by Gasteiger charge is -1.98. The van der Waals surface area contributed by atoms with Crippen LogP contribution in [0.2, 0.25) is 0 Å². The van der Waals surface area contributed by atoms with Gasteiger partial charge in [0.05, 0.1) is 11.9 Å². The maximum atomic E-state index is 10.8. The molecular weight excluding hydrogens is 230 g/mol. The lowest BCUT2D eigenvalue weighted by Crippen LogP contribution is -1.96. The molecule has 0 radical (unpaired) electrons. The first kappa shape index (κ1) is 10.6. The summed E-state index contributed by atoms with van der Waals surface area (Å²) in [6.07, 6.45) is 1.48. The number of hydrogen-bond donors (Lipinski definition) is 2. The molecule has 1 aromatic carbocycles. The van der Waals surface area contributed by atoms with Crippen LogP contribution < -0.4 is 0 Å². The summed E-state index contributed by atoms with van der Waals surface area (Å²) < 4.78 is 1.64. The minimum Gasteiger partial charge on any atom is -0.476 e. The third-order valence-corrected chi connectivity index (χ3v) is 2.93. The first-order valence-electron chi connectivity index (χ1n) is 5.53. The highest BCUT2D eigenvalue weighted by molar-refractivity contribution is 5.86. The fourth-order valence-electron chi connectivity index (χ4n) is 2.04. The predicted molar refractivity (Wildman–Crippen MR) is 66.7 cm³/mol. The maximum Gasteiger partial charge on any atom is 0.356 e. The number of aromatic nitrogens is 3. The van der Waals surface area contributed by atoms with Gasteiger partial charge in [0.25, 0.3) is 0 Å². The lowest BCUT2D eigenvalue weighted by molar-refractivity contribution is 0.0691. The number of rotatable bonds is 2. The van der Waals surface area contributed by atoms with Gasteiger partial charge in [-0.05, 0) is 12.5 Å². The number of fused-ring (bicyclic) bond motifs is 1. The van der Waals surface area contributed by atoms with Gasteiger partial charge < -0.3 is 5.11 Å². The van der Waals surface area contributed by atoms with E-state index in [1.165, 1.54) is 6.20 Å². The fraction of sp³-hybridized carbons (Fsp3) is 0.0769. The molecule has 2 aromatic heterocycles. The second-order valence-electron chi connectivity index (χ2n) is 4.10. The molecule has 0 aliphatic rings. The maximum absolute atomic E-state index is 10.8. The molecule has 0 saturated carbocycles. The monoisotopic (exact) mass is 241 g/mol. The molecule has 0 saturated heterocycles. The average Bonchev–Trinajstić information content (AvgIpc) is 2.91. The van der Waals surface area contributed by atoms with E-state index in [4.69, 9.17) is 5.11 Å². The number of imidazole rings is 1. The molecule has 5 heteroatoms. The van der Waals surface area contributed by atoms with Crippen LogP contribution in [-0.2, 0) is 0 Å². The van der Waals surface area contributed by atoms with E-state index in [2.05, 4.69) is 10.1 Å². The van der Waals surface area contributed by atoms with Gasteiger partial charge in [-0.2, -0.15) is 0 Å². The molecule has 0 aliphatic carbocycles. The standard InChI is InChI=1S/C13H11N3O2/c1-8-11(9-5-3-2-4-6-9)15-16-7-10(13(17)18)14-12(8)16/h2-7,15H,1H3,(H,17,18). The molecule has 5 nitrogen and oxygen atoms in total. The Labute approximate surface area is 103 Å². The van der Waals surface area contributed by atoms with E-state index < -0.39 is 5.97 Å². The molecule has 0 unspecified atom stereocenters. The average molecular weight is 241 g/mol. The summed E-state index contributed by atoms with van der Waals surface area (Å²) in [6.45, 7) is 1.92. The molecule has 3 rings (SSSR count). The quantitative estimate of drug-likeness (QED) is 0.723. The lowest BCUT2D eigenvalue weighted by atomic mass is 10.1. The minimum absolute atomic E-state index is 0.0453. The summed E-state index contributed by atoms with van der Waals surface area (Å²) in [5, 5.41) is 12.0. The Morgan fingerprint density at radius 2 is 2.06 bits per heavy atom. The SMILES string of the molecule is Cc1c(-c2ccccc2)[nH]n2cc(C(=O)O)nc12. The number of aromatic amines is 1. The fourth-order valence-corrected chi connectivity index (χ4v) is 2.04. The Morgan fingerprint density at radius 3 is 2.67 bits per heavy atom. The summed E-state index contributed by atoms with van der Waals surface area (Å²) in [4.78, 5) is 14.9. The molecule has 0 amide bonds. The molecule has 0 spiro atoms. The minimum atomic E-state index is -1.02. The molecular formula is C13H11N3O2. The first-order valence-corrected chi connectivity index (χ1v) is 5.53. The Kier molecular flexibility index (Phi) is 2.19. The normalized spacial score (nSPS) is 10.9. The van der Waals surface area contributed by atoms with Crippen LogP contribution in [0.3, 0.4) is 0 Å². The number of hydrogen-bond acceptors (Lipinski definition) is 2. The Morgan fingerprint density at radius 1 is 1.33 bits per heavy atom. The third kappa shape index (κ3) is 1.48. The number of nitrogens with one attached hydrogen (secondary N) is 1. The number of carboxylic acid groups (broad SMARTS) is 1. The van der Waals surface area contributed by atoms with Crippen LogP contribution >= 0.6 is 0 Å². The third-order valence-electron chi connectivity index (χ3n) is 2.93. The number of H-pyrrole nitrogens is 1. The molecule has 0 atom stereocenters. The van der Waals surface area contributed by atoms with E-state index in [1.807, 2.05) is 37.3 Å². The Hall–Kier alpha value is -2.56. The van der Waals surface area contributed by atoms with Crippen LogP contribution in [-0.4, -0.2) is 25.7 Å². The molecule has 0 fully saturated rings. The Balaban J connectivity index is 2.19. The second-order valence-corrected chi connectivity index (χ2v) is 4.10. The molecule has 0 bridgehead atoms. The van der Waals surface area contributed by atoms with Crippen molar-refractivity contribution in [2.45, 2.75) is 6.92 Å². The van der Waals surface area contributed by atoms with Gasteiger partial charge in [-0.25, -0.2) is 14.3 Å². The smallest absolute Gasteiger partial charge is 0.356 e. The molecule has 90 valence electrons. The number of aryl methyl sites for hydroxylation is 1. The van der Waals surface area contributed by atoms with Gasteiger partial charge in [0.15, 0.2) is 11.3 Å². The second kappa shape index (κ2) is 3.73. The zero-order valence-corrected chi connectivity index (χ0v) is 9.71. The number of nitrogens with zero attached hydrogens (tertiary/aromatic N) is 2. The van der Waals surface area contributed by atoms with E-state index >= 15 is 0 Å². The van der Waals surface area contributed by atoms with Crippen molar-refractivity contribution in [2.24, 2.45) is 0 Å². The summed E-state index contributed by atoms with van der Waals surface area (Å²) in [5.41, 5.74) is 3.64. The van der Waals surface area contributed by atoms with Crippen LogP contribution in [0.15, 0.2) is 36.5 Å². The van der Waals surface area contributed by atoms with Crippen molar-refractivity contribution >= 4 is 11.6 Å². The molecule has 18 heavy (non-hydrogen) atoms. The van der Waals surface area contributed by atoms with Crippen molar-refractivity contribution in [2.75, 3.05) is 0 Å². The highest BCUT2D eigenvalue weighted by atomic mass is 16.4. The Bertz CT molecular complexity index is 725. The molecule has 2 N–H and O–H groups in total. The summed E-state index contributed by atoms with van der Waals surface area (Å²) in [6, 6.07) is 9.87. The first-order chi connectivity index (χ1) is 8.66. The summed E-state index contributed by atoms with van der Waals surface area (Å²) in [5.74, 6) is -1.02. The van der Waals surface area contributed by atoms with Crippen molar-refractivity contribution in [3.05, 3.63) is 47.8 Å². The molecule has 3 aromatic rings. The molecule has 2 heterocycles. The summed E-state index contributed by atoms with van der Waals surface area (Å²) in [7, 11) is 0.